The second kappa shape index (κ2) is 12.4. The predicted molar refractivity (Wildman–Crippen MR) is 238 cm³/mol. The number of rotatable bonds is 5. The Kier molecular flexibility index (Phi) is 7.17. The van der Waals surface area contributed by atoms with Crippen molar-refractivity contribution < 1.29 is 4.42 Å². The average Bonchev–Trinajstić information content (AvgIpc) is 3.81. The number of hydrogen-bond acceptors (Lipinski definition) is 2. The third kappa shape index (κ3) is 4.85. The number of furan rings is 1. The topological polar surface area (TPSA) is 13.1 Å². The molecule has 1 nitrogen and oxygen atoms in total. The SMILES string of the molecule is C=Cc1oc2cc(-c3ccc(-c4c5ccccc5c(-c5cccc6ccccc56)c5ccccc45)cc3)ccc2c1-c1c(C)ccc2sc3ccccc3c12. The van der Waals surface area contributed by atoms with Crippen LogP contribution >= 0.6 is 11.3 Å². The van der Waals surface area contributed by atoms with E-state index in [1.54, 1.807) is 0 Å². The largest absolute Gasteiger partial charge is 0.456 e. The number of fused-ring (bicyclic) bond motifs is 7. The molecule has 11 aromatic rings. The quantitative estimate of drug-likeness (QED) is 0.162. The van der Waals surface area contributed by atoms with Crippen LogP contribution in [0.2, 0.25) is 0 Å². The van der Waals surface area contributed by atoms with Gasteiger partial charge in [0.1, 0.15) is 11.3 Å². The number of aryl methyl sites for hydroxylation is 1. The lowest BCUT2D eigenvalue weighted by atomic mass is 9.84. The van der Waals surface area contributed by atoms with E-state index in [9.17, 15) is 0 Å². The van der Waals surface area contributed by atoms with Gasteiger partial charge in [0, 0.05) is 31.1 Å². The molecular weight excluding hydrogens is 685 g/mol. The lowest BCUT2D eigenvalue weighted by Crippen LogP contribution is -1.91. The van der Waals surface area contributed by atoms with Gasteiger partial charge in [0.05, 0.1) is 0 Å². The molecule has 0 amide bonds. The highest BCUT2D eigenvalue weighted by atomic mass is 32.1. The van der Waals surface area contributed by atoms with Crippen LogP contribution in [0, 0.1) is 6.92 Å². The van der Waals surface area contributed by atoms with E-state index in [1.807, 2.05) is 17.4 Å². The molecular formula is C53H34OS. The predicted octanol–water partition coefficient (Wildman–Crippen LogP) is 15.9. The van der Waals surface area contributed by atoms with Crippen LogP contribution in [-0.2, 0) is 0 Å². The molecule has 0 aliphatic heterocycles. The normalized spacial score (nSPS) is 11.8. The van der Waals surface area contributed by atoms with Crippen molar-refractivity contribution in [1.82, 2.24) is 0 Å². The molecule has 11 rings (SSSR count). The van der Waals surface area contributed by atoms with Gasteiger partial charge in [-0.1, -0.05) is 152 Å². The summed E-state index contributed by atoms with van der Waals surface area (Å²) >= 11 is 1.84. The molecule has 258 valence electrons. The zero-order chi connectivity index (χ0) is 36.6. The minimum absolute atomic E-state index is 0.805. The Balaban J connectivity index is 1.05. The van der Waals surface area contributed by atoms with Crippen molar-refractivity contribution >= 4 is 80.9 Å². The minimum Gasteiger partial charge on any atom is -0.456 e. The molecule has 0 aliphatic carbocycles. The fourth-order valence-corrected chi connectivity index (χ4v) is 10.1. The average molecular weight is 719 g/mol. The number of hydrogen-bond donors (Lipinski definition) is 0. The van der Waals surface area contributed by atoms with Crippen LogP contribution in [0.25, 0.3) is 114 Å². The minimum atomic E-state index is 0.805. The summed E-state index contributed by atoms with van der Waals surface area (Å²) in [6, 6.07) is 62.0. The monoisotopic (exact) mass is 718 g/mol. The summed E-state index contributed by atoms with van der Waals surface area (Å²) in [4.78, 5) is 0. The Hall–Kier alpha value is -6.74. The summed E-state index contributed by atoms with van der Waals surface area (Å²) in [5, 5.41) is 11.2. The van der Waals surface area contributed by atoms with Gasteiger partial charge in [0.25, 0.3) is 0 Å². The van der Waals surface area contributed by atoms with Crippen molar-refractivity contribution in [1.29, 1.82) is 0 Å². The van der Waals surface area contributed by atoms with E-state index in [-0.39, 0.29) is 0 Å². The van der Waals surface area contributed by atoms with Gasteiger partial charge in [-0.25, -0.2) is 0 Å². The van der Waals surface area contributed by atoms with Gasteiger partial charge in [0.15, 0.2) is 0 Å². The highest BCUT2D eigenvalue weighted by Gasteiger charge is 2.22. The van der Waals surface area contributed by atoms with Gasteiger partial charge >= 0.3 is 0 Å². The third-order valence-electron chi connectivity index (χ3n) is 11.4. The zero-order valence-corrected chi connectivity index (χ0v) is 31.1. The molecule has 0 unspecified atom stereocenters. The fourth-order valence-electron chi connectivity index (χ4n) is 8.94. The van der Waals surface area contributed by atoms with E-state index in [1.165, 1.54) is 85.9 Å². The molecule has 0 aliphatic rings. The second-order valence-electron chi connectivity index (χ2n) is 14.4. The van der Waals surface area contributed by atoms with Crippen LogP contribution in [0.3, 0.4) is 0 Å². The summed E-state index contributed by atoms with van der Waals surface area (Å²) in [5.41, 5.74) is 11.7. The molecule has 55 heavy (non-hydrogen) atoms. The van der Waals surface area contributed by atoms with Crippen LogP contribution in [-0.4, -0.2) is 0 Å². The first-order valence-electron chi connectivity index (χ1n) is 18.8. The Morgan fingerprint density at radius 3 is 1.78 bits per heavy atom. The summed E-state index contributed by atoms with van der Waals surface area (Å²) < 4.78 is 9.19. The molecule has 0 saturated carbocycles. The summed E-state index contributed by atoms with van der Waals surface area (Å²) in [6.45, 7) is 6.38. The van der Waals surface area contributed by atoms with Crippen molar-refractivity contribution in [2.75, 3.05) is 0 Å². The van der Waals surface area contributed by atoms with E-state index in [0.717, 1.165) is 33.4 Å². The van der Waals surface area contributed by atoms with E-state index in [2.05, 4.69) is 183 Å². The van der Waals surface area contributed by atoms with Crippen molar-refractivity contribution in [3.63, 3.8) is 0 Å². The van der Waals surface area contributed by atoms with Crippen molar-refractivity contribution in [2.45, 2.75) is 6.92 Å². The second-order valence-corrected chi connectivity index (χ2v) is 15.5. The molecule has 0 saturated heterocycles. The highest BCUT2D eigenvalue weighted by Crippen LogP contribution is 2.48. The van der Waals surface area contributed by atoms with Gasteiger partial charge < -0.3 is 4.42 Å². The van der Waals surface area contributed by atoms with E-state index in [0.29, 0.717) is 0 Å². The molecule has 2 aromatic heterocycles. The van der Waals surface area contributed by atoms with Gasteiger partial charge in [-0.2, -0.15) is 0 Å². The fraction of sp³-hybridized carbons (Fsp3) is 0.0189. The maximum absolute atomic E-state index is 6.61. The van der Waals surface area contributed by atoms with Crippen LogP contribution in [0.1, 0.15) is 11.3 Å². The zero-order valence-electron chi connectivity index (χ0n) is 30.3. The number of thiophene rings is 1. The van der Waals surface area contributed by atoms with Gasteiger partial charge in [-0.15, -0.1) is 11.3 Å². The molecule has 2 heterocycles. The van der Waals surface area contributed by atoms with E-state index in [4.69, 9.17) is 4.42 Å². The highest BCUT2D eigenvalue weighted by molar-refractivity contribution is 7.26. The van der Waals surface area contributed by atoms with Crippen LogP contribution in [0.5, 0.6) is 0 Å². The molecule has 0 spiro atoms. The Bertz CT molecular complexity index is 3280. The Morgan fingerprint density at radius 2 is 1.05 bits per heavy atom. The van der Waals surface area contributed by atoms with Crippen LogP contribution in [0.15, 0.2) is 181 Å². The van der Waals surface area contributed by atoms with Gasteiger partial charge in [-0.05, 0) is 114 Å². The van der Waals surface area contributed by atoms with Gasteiger partial charge in [0.2, 0.25) is 0 Å². The Labute approximate surface area is 323 Å². The first kappa shape index (κ1) is 31.8. The lowest BCUT2D eigenvalue weighted by Gasteiger charge is -2.19. The molecule has 0 atom stereocenters. The molecule has 0 radical (unpaired) electrons. The smallest absolute Gasteiger partial charge is 0.136 e. The first-order valence-corrected chi connectivity index (χ1v) is 19.6. The van der Waals surface area contributed by atoms with E-state index < -0.39 is 0 Å². The number of benzene rings is 9. The third-order valence-corrected chi connectivity index (χ3v) is 12.5. The summed E-state index contributed by atoms with van der Waals surface area (Å²) in [5.74, 6) is 0.805. The molecule has 0 fully saturated rings. The molecule has 9 aromatic carbocycles. The van der Waals surface area contributed by atoms with Crippen molar-refractivity contribution in [2.24, 2.45) is 0 Å². The van der Waals surface area contributed by atoms with E-state index >= 15 is 0 Å². The van der Waals surface area contributed by atoms with Crippen molar-refractivity contribution in [3.8, 4) is 44.5 Å². The first-order chi connectivity index (χ1) is 27.2. The summed E-state index contributed by atoms with van der Waals surface area (Å²) in [7, 11) is 0. The van der Waals surface area contributed by atoms with Gasteiger partial charge in [-0.3, -0.25) is 0 Å². The lowest BCUT2D eigenvalue weighted by molar-refractivity contribution is 0.606. The molecule has 2 heteroatoms. The van der Waals surface area contributed by atoms with Crippen molar-refractivity contribution in [3.05, 3.63) is 188 Å². The standard InChI is InChI=1S/C53H34OS/c1-3-45-52(49-32(2)23-30-48-53(49)44-20-10-11-22-47(44)55-48)43-29-28-36(31-46(43)54-45)33-24-26-35(27-25-33)50-39-16-6-8-18-41(39)51(42-19-9-7-17-40(42)50)38-21-12-14-34-13-4-5-15-37(34)38/h3-31H,1H2,2H3. The Morgan fingerprint density at radius 1 is 0.455 bits per heavy atom. The summed E-state index contributed by atoms with van der Waals surface area (Å²) in [6.07, 6.45) is 1.86. The maximum atomic E-state index is 6.61. The molecule has 0 N–H and O–H groups in total. The maximum Gasteiger partial charge on any atom is 0.136 e. The van der Waals surface area contributed by atoms with Crippen LogP contribution in [0.4, 0.5) is 0 Å². The molecule has 0 bridgehead atoms. The van der Waals surface area contributed by atoms with Crippen LogP contribution < -0.4 is 0 Å².